The van der Waals surface area contributed by atoms with Gasteiger partial charge in [0.1, 0.15) is 0 Å². The molecule has 82 valence electrons. The number of amides is 1. The number of carbonyl (C=O) groups excluding carboxylic acids is 1. The van der Waals surface area contributed by atoms with Crippen LogP contribution in [0.4, 0.5) is 0 Å². The van der Waals surface area contributed by atoms with Gasteiger partial charge in [-0.1, -0.05) is 32.4 Å². The molecular weight excluding hydrogens is 188 g/mol. The van der Waals surface area contributed by atoms with Gasteiger partial charge >= 0.3 is 0 Å². The molecule has 0 aromatic carbocycles. The fourth-order valence-electron chi connectivity index (χ4n) is 1.42. The molecular formula is C12H18N2O. The van der Waals surface area contributed by atoms with Gasteiger partial charge in [0.15, 0.2) is 0 Å². The molecule has 0 radical (unpaired) electrons. The first-order valence-corrected chi connectivity index (χ1v) is 5.32. The molecule has 3 heteroatoms. The topological polar surface area (TPSA) is 41.5 Å². The smallest absolute Gasteiger partial charge is 0.249 e. The van der Waals surface area contributed by atoms with E-state index in [1.807, 2.05) is 6.08 Å². The minimum atomic E-state index is -0.00815. The Hall–Kier alpha value is -1.38. The second kappa shape index (κ2) is 5.49. The summed E-state index contributed by atoms with van der Waals surface area (Å²) in [5, 5.41) is 2.74. The van der Waals surface area contributed by atoms with Crippen LogP contribution in [0.3, 0.4) is 0 Å². The van der Waals surface area contributed by atoms with Crippen LogP contribution in [0.15, 0.2) is 28.4 Å². The van der Waals surface area contributed by atoms with E-state index in [1.165, 1.54) is 0 Å². The number of carbonyl (C=O) groups is 1. The summed E-state index contributed by atoms with van der Waals surface area (Å²) in [6.45, 7) is 8.29. The van der Waals surface area contributed by atoms with Crippen LogP contribution in [0.25, 0.3) is 0 Å². The molecule has 1 N–H and O–H groups in total. The number of hydrogen-bond acceptors (Lipinski definition) is 2. The molecule has 0 spiro atoms. The molecule has 1 rings (SSSR count). The monoisotopic (exact) mass is 206 g/mol. The van der Waals surface area contributed by atoms with Crippen LogP contribution in [-0.2, 0) is 4.79 Å². The summed E-state index contributed by atoms with van der Waals surface area (Å²) in [5.41, 5.74) is 1.54. The predicted molar refractivity (Wildman–Crippen MR) is 62.8 cm³/mol. The fourth-order valence-corrected chi connectivity index (χ4v) is 1.42. The second-order valence-corrected chi connectivity index (χ2v) is 3.78. The van der Waals surface area contributed by atoms with Crippen LogP contribution < -0.4 is 5.32 Å². The van der Waals surface area contributed by atoms with E-state index in [9.17, 15) is 4.79 Å². The number of aliphatic imine (C=N–C) groups is 1. The Bertz CT molecular complexity index is 316. The van der Waals surface area contributed by atoms with Crippen LogP contribution in [0.1, 0.15) is 26.7 Å². The standard InChI is InChI=1S/C12H18N2O/c1-4-9(2)6-5-7-10-11(13-3)8-14-12(10)15/h5-6,9H,3-4,7-8H2,1-2H3,(H,14,15). The first kappa shape index (κ1) is 11.7. The summed E-state index contributed by atoms with van der Waals surface area (Å²) in [5.74, 6) is 0.557. The van der Waals surface area contributed by atoms with Crippen molar-refractivity contribution in [2.45, 2.75) is 26.7 Å². The van der Waals surface area contributed by atoms with Crippen LogP contribution >= 0.6 is 0 Å². The third kappa shape index (κ3) is 3.05. The lowest BCUT2D eigenvalue weighted by Gasteiger charge is -2.00. The van der Waals surface area contributed by atoms with Crippen molar-refractivity contribution in [3.8, 4) is 0 Å². The fraction of sp³-hybridized carbons (Fsp3) is 0.500. The maximum Gasteiger partial charge on any atom is 0.249 e. The van der Waals surface area contributed by atoms with E-state index in [2.05, 4.69) is 37.0 Å². The highest BCUT2D eigenvalue weighted by Crippen LogP contribution is 2.16. The Labute approximate surface area is 91.0 Å². The average molecular weight is 206 g/mol. The van der Waals surface area contributed by atoms with Gasteiger partial charge in [-0.2, -0.15) is 0 Å². The van der Waals surface area contributed by atoms with Crippen molar-refractivity contribution in [2.75, 3.05) is 6.54 Å². The molecule has 0 aliphatic carbocycles. The molecule has 0 bridgehead atoms. The van der Waals surface area contributed by atoms with E-state index in [4.69, 9.17) is 0 Å². The first-order chi connectivity index (χ1) is 7.19. The normalized spacial score (nSPS) is 18.4. The van der Waals surface area contributed by atoms with Gasteiger partial charge in [0.05, 0.1) is 12.2 Å². The highest BCUT2D eigenvalue weighted by molar-refractivity contribution is 5.97. The van der Waals surface area contributed by atoms with E-state index in [0.29, 0.717) is 18.9 Å². The summed E-state index contributed by atoms with van der Waals surface area (Å²) in [7, 11) is 0. The quantitative estimate of drug-likeness (QED) is 0.543. The molecule has 1 aliphatic rings. The lowest BCUT2D eigenvalue weighted by Crippen LogP contribution is -2.17. The molecule has 0 aromatic rings. The van der Waals surface area contributed by atoms with Crippen molar-refractivity contribution < 1.29 is 4.79 Å². The van der Waals surface area contributed by atoms with Crippen LogP contribution in [-0.4, -0.2) is 19.2 Å². The molecule has 1 amide bonds. The Kier molecular flexibility index (Phi) is 4.28. The van der Waals surface area contributed by atoms with Crippen molar-refractivity contribution in [3.05, 3.63) is 23.4 Å². The Morgan fingerprint density at radius 3 is 3.00 bits per heavy atom. The van der Waals surface area contributed by atoms with E-state index < -0.39 is 0 Å². The molecule has 1 unspecified atom stereocenters. The summed E-state index contributed by atoms with van der Waals surface area (Å²) in [4.78, 5) is 15.2. The maximum atomic E-state index is 11.4. The molecule has 1 heterocycles. The predicted octanol–water partition coefficient (Wildman–Crippen LogP) is 2.06. The van der Waals surface area contributed by atoms with Gasteiger partial charge in [-0.05, 0) is 19.1 Å². The maximum absolute atomic E-state index is 11.4. The van der Waals surface area contributed by atoms with Gasteiger partial charge in [-0.25, -0.2) is 0 Å². The summed E-state index contributed by atoms with van der Waals surface area (Å²) in [6, 6.07) is 0. The SMILES string of the molecule is C=NC1=C(CC=CC(C)CC)C(=O)NC1. The van der Waals surface area contributed by atoms with E-state index in [1.54, 1.807) is 0 Å². The number of nitrogens with zero attached hydrogens (tertiary/aromatic N) is 1. The third-order valence-electron chi connectivity index (χ3n) is 2.66. The molecule has 15 heavy (non-hydrogen) atoms. The number of allylic oxidation sites excluding steroid dienone is 2. The number of nitrogens with one attached hydrogen (secondary N) is 1. The van der Waals surface area contributed by atoms with Gasteiger partial charge in [0.25, 0.3) is 0 Å². The highest BCUT2D eigenvalue weighted by Gasteiger charge is 2.20. The van der Waals surface area contributed by atoms with Crippen molar-refractivity contribution in [1.82, 2.24) is 5.32 Å². The lowest BCUT2D eigenvalue weighted by molar-refractivity contribution is -0.116. The zero-order valence-corrected chi connectivity index (χ0v) is 9.42. The van der Waals surface area contributed by atoms with E-state index >= 15 is 0 Å². The average Bonchev–Trinajstić information content (AvgIpc) is 2.60. The molecule has 0 fully saturated rings. The molecule has 1 aliphatic heterocycles. The Morgan fingerprint density at radius 1 is 1.67 bits per heavy atom. The second-order valence-electron chi connectivity index (χ2n) is 3.78. The van der Waals surface area contributed by atoms with Gasteiger partial charge in [0, 0.05) is 5.57 Å². The molecule has 0 aromatic heterocycles. The van der Waals surface area contributed by atoms with Crippen molar-refractivity contribution >= 4 is 12.6 Å². The molecule has 3 nitrogen and oxygen atoms in total. The van der Waals surface area contributed by atoms with Crippen LogP contribution in [0.5, 0.6) is 0 Å². The number of hydrogen-bond donors (Lipinski definition) is 1. The van der Waals surface area contributed by atoms with Gasteiger partial charge in [-0.3, -0.25) is 9.79 Å². The minimum absolute atomic E-state index is 0.00815. The Morgan fingerprint density at radius 2 is 2.40 bits per heavy atom. The largest absolute Gasteiger partial charge is 0.347 e. The van der Waals surface area contributed by atoms with Crippen LogP contribution in [0.2, 0.25) is 0 Å². The van der Waals surface area contributed by atoms with E-state index in [0.717, 1.165) is 17.7 Å². The number of rotatable bonds is 5. The van der Waals surface area contributed by atoms with Crippen molar-refractivity contribution in [2.24, 2.45) is 10.9 Å². The van der Waals surface area contributed by atoms with Crippen molar-refractivity contribution in [1.29, 1.82) is 0 Å². The van der Waals surface area contributed by atoms with Gasteiger partial charge < -0.3 is 5.32 Å². The zero-order valence-electron chi connectivity index (χ0n) is 9.42. The van der Waals surface area contributed by atoms with Crippen LogP contribution in [0, 0.1) is 5.92 Å². The third-order valence-corrected chi connectivity index (χ3v) is 2.66. The Balaban J connectivity index is 2.60. The first-order valence-electron chi connectivity index (χ1n) is 5.32. The lowest BCUT2D eigenvalue weighted by atomic mass is 10.1. The molecule has 0 saturated heterocycles. The van der Waals surface area contributed by atoms with Crippen molar-refractivity contribution in [3.63, 3.8) is 0 Å². The summed E-state index contributed by atoms with van der Waals surface area (Å²) < 4.78 is 0. The van der Waals surface area contributed by atoms with Gasteiger partial charge in [-0.15, -0.1) is 0 Å². The minimum Gasteiger partial charge on any atom is -0.347 e. The highest BCUT2D eigenvalue weighted by atomic mass is 16.1. The zero-order chi connectivity index (χ0) is 11.3. The summed E-state index contributed by atoms with van der Waals surface area (Å²) in [6.07, 6.45) is 5.96. The van der Waals surface area contributed by atoms with Gasteiger partial charge in [0.2, 0.25) is 5.91 Å². The molecule has 1 atom stereocenters. The summed E-state index contributed by atoms with van der Waals surface area (Å²) >= 11 is 0. The van der Waals surface area contributed by atoms with E-state index in [-0.39, 0.29) is 5.91 Å². The molecule has 0 saturated carbocycles.